The molecule has 0 saturated carbocycles. The molecule has 0 aliphatic carbocycles. The number of phenolic OH excluding ortho intramolecular Hbond substituents is 2. The fourth-order valence-electron chi connectivity index (χ4n) is 9.14. The van der Waals surface area contributed by atoms with E-state index in [2.05, 4.69) is 24.3 Å². The van der Waals surface area contributed by atoms with Crippen molar-refractivity contribution in [3.63, 3.8) is 0 Å². The van der Waals surface area contributed by atoms with Crippen LogP contribution in [0.2, 0.25) is 0 Å². The molecule has 63 heavy (non-hydrogen) atoms. The molecule has 0 aromatic heterocycles. The van der Waals surface area contributed by atoms with E-state index in [4.69, 9.17) is 33.2 Å². The van der Waals surface area contributed by atoms with E-state index in [-0.39, 0.29) is 37.2 Å². The van der Waals surface area contributed by atoms with Crippen molar-refractivity contribution in [1.29, 1.82) is 0 Å². The summed E-state index contributed by atoms with van der Waals surface area (Å²) in [6.45, 7) is 3.79. The van der Waals surface area contributed by atoms with Gasteiger partial charge in [0.1, 0.15) is 59.2 Å². The minimum absolute atomic E-state index is 0.0672. The third-order valence-corrected chi connectivity index (χ3v) is 12.3. The smallest absolute Gasteiger partial charge is 0.151 e. The zero-order chi connectivity index (χ0) is 43.3. The highest BCUT2D eigenvalue weighted by atomic mass is 16.6. The first-order valence-corrected chi connectivity index (χ1v) is 21.3. The molecule has 6 unspecified atom stereocenters. The second-order valence-electron chi connectivity index (χ2n) is 16.6. The Hall–Kier alpha value is -6.12. The average molecular weight is 853 g/mol. The van der Waals surface area contributed by atoms with Crippen LogP contribution in [-0.4, -0.2) is 69.8 Å². The molecule has 324 valence electrons. The Morgan fingerprint density at radius 2 is 1.00 bits per heavy atom. The lowest BCUT2D eigenvalue weighted by atomic mass is 9.77. The van der Waals surface area contributed by atoms with Gasteiger partial charge in [0.25, 0.3) is 0 Å². The van der Waals surface area contributed by atoms with Crippen molar-refractivity contribution < 1.29 is 58.7 Å². The van der Waals surface area contributed by atoms with Crippen molar-refractivity contribution in [3.05, 3.63) is 166 Å². The van der Waals surface area contributed by atoms with Crippen LogP contribution in [0.5, 0.6) is 46.0 Å². The van der Waals surface area contributed by atoms with E-state index in [0.29, 0.717) is 67.2 Å². The summed E-state index contributed by atoms with van der Waals surface area (Å²) in [5, 5.41) is 50.1. The van der Waals surface area contributed by atoms with Gasteiger partial charge in [-0.1, -0.05) is 55.5 Å². The largest absolute Gasteiger partial charge is 0.508 e. The Bertz CT molecular complexity index is 2660. The summed E-state index contributed by atoms with van der Waals surface area (Å²) in [6.07, 6.45) is -0.340. The van der Waals surface area contributed by atoms with Crippen molar-refractivity contribution >= 4 is 0 Å². The lowest BCUT2D eigenvalue weighted by Gasteiger charge is -2.37. The Morgan fingerprint density at radius 3 is 1.48 bits per heavy atom. The number of benzene rings is 6. The fraction of sp³-hybridized carbons (Fsp3) is 0.294. The maximum atomic E-state index is 10.1. The highest BCUT2D eigenvalue weighted by Gasteiger charge is 2.51. The van der Waals surface area contributed by atoms with Crippen LogP contribution in [0.3, 0.4) is 0 Å². The number of phenols is 2. The summed E-state index contributed by atoms with van der Waals surface area (Å²) >= 11 is 0. The Balaban J connectivity index is 0.000000150. The minimum Gasteiger partial charge on any atom is -0.508 e. The number of aliphatic hydroxyl groups excluding tert-OH is 3. The molecule has 0 bridgehead atoms. The normalized spacial score (nSPS) is 21.7. The zero-order valence-corrected chi connectivity index (χ0v) is 34.6. The molecular weight excluding hydrogens is 805 g/mol. The first-order valence-electron chi connectivity index (χ1n) is 21.3. The van der Waals surface area contributed by atoms with E-state index in [1.807, 2.05) is 73.7 Å². The number of ether oxygens (including phenoxy) is 7. The molecule has 11 rings (SSSR count). The second kappa shape index (κ2) is 16.5. The van der Waals surface area contributed by atoms with Gasteiger partial charge >= 0.3 is 0 Å². The number of hydrogen-bond donors (Lipinski definition) is 5. The number of fused-ring (bicyclic) bond motifs is 12. The van der Waals surface area contributed by atoms with Crippen LogP contribution in [0.15, 0.2) is 121 Å². The van der Waals surface area contributed by atoms with Gasteiger partial charge < -0.3 is 58.7 Å². The average Bonchev–Trinajstić information content (AvgIpc) is 3.91. The van der Waals surface area contributed by atoms with Crippen LogP contribution in [0.25, 0.3) is 0 Å². The molecule has 0 radical (unpaired) electrons. The minimum atomic E-state index is -0.837. The predicted molar refractivity (Wildman–Crippen MR) is 230 cm³/mol. The molecule has 12 heteroatoms. The van der Waals surface area contributed by atoms with Crippen molar-refractivity contribution in [3.8, 4) is 46.0 Å². The molecule has 5 N–H and O–H groups in total. The Morgan fingerprint density at radius 1 is 0.556 bits per heavy atom. The van der Waals surface area contributed by atoms with Gasteiger partial charge in [-0.3, -0.25) is 0 Å². The third-order valence-electron chi connectivity index (χ3n) is 12.3. The molecule has 0 amide bonds. The van der Waals surface area contributed by atoms with Gasteiger partial charge in [-0.25, -0.2) is 0 Å². The summed E-state index contributed by atoms with van der Waals surface area (Å²) in [5.74, 6) is 3.62. The predicted octanol–water partition coefficient (Wildman–Crippen LogP) is 8.07. The van der Waals surface area contributed by atoms with Gasteiger partial charge in [0.2, 0.25) is 0 Å². The molecule has 12 nitrogen and oxygen atoms in total. The van der Waals surface area contributed by atoms with Crippen molar-refractivity contribution in [2.45, 2.75) is 75.0 Å². The lowest BCUT2D eigenvalue weighted by Crippen LogP contribution is -2.32. The van der Waals surface area contributed by atoms with Crippen LogP contribution in [0.1, 0.15) is 70.7 Å². The number of aliphatic hydroxyl groups is 3. The number of rotatable bonds is 11. The molecule has 6 atom stereocenters. The highest BCUT2D eigenvalue weighted by Crippen LogP contribution is 2.58. The van der Waals surface area contributed by atoms with E-state index in [0.717, 1.165) is 44.5 Å². The molecule has 1 saturated heterocycles. The Labute approximate surface area is 364 Å². The summed E-state index contributed by atoms with van der Waals surface area (Å²) < 4.78 is 42.1. The number of aromatic hydroxyl groups is 2. The number of hydrogen-bond acceptors (Lipinski definition) is 12. The molecule has 5 aliphatic rings. The maximum Gasteiger partial charge on any atom is 0.151 e. The first-order chi connectivity index (χ1) is 30.6. The van der Waals surface area contributed by atoms with Gasteiger partial charge in [-0.15, -0.1) is 0 Å². The first kappa shape index (κ1) is 40.9. The summed E-state index contributed by atoms with van der Waals surface area (Å²) in [7, 11) is 0. The summed E-state index contributed by atoms with van der Waals surface area (Å²) in [6, 6.07) is 37.7. The van der Waals surface area contributed by atoms with E-state index >= 15 is 0 Å². The highest BCUT2D eigenvalue weighted by molar-refractivity contribution is 5.67. The molecule has 5 aliphatic heterocycles. The van der Waals surface area contributed by atoms with Crippen LogP contribution >= 0.6 is 0 Å². The van der Waals surface area contributed by atoms with Gasteiger partial charge in [-0.2, -0.15) is 0 Å². The van der Waals surface area contributed by atoms with E-state index < -0.39 is 29.5 Å². The summed E-state index contributed by atoms with van der Waals surface area (Å²) in [5.41, 5.74) is 6.14. The summed E-state index contributed by atoms with van der Waals surface area (Å²) in [4.78, 5) is 0. The molecule has 5 heterocycles. The van der Waals surface area contributed by atoms with Crippen LogP contribution < -0.4 is 18.9 Å². The Kier molecular flexibility index (Phi) is 10.7. The van der Waals surface area contributed by atoms with E-state index in [1.165, 1.54) is 0 Å². The SMILES string of the molecule is CCC(O)CC(O)COc1ccc2c(c1)Oc1cc(O)ccc1C21OCc2ccccc21.Oc1ccc2c(c1)Oc1cc(OCC(O)CC3CO3)ccc1C21OCc2ccccc21. The molecular formula is C51H48O12. The van der Waals surface area contributed by atoms with Crippen LogP contribution in [-0.2, 0) is 38.6 Å². The number of epoxide rings is 1. The third kappa shape index (κ3) is 7.52. The fourth-order valence-corrected chi connectivity index (χ4v) is 9.14. The van der Waals surface area contributed by atoms with Crippen molar-refractivity contribution in [2.75, 3.05) is 19.8 Å². The molecule has 6 aromatic rings. The zero-order valence-electron chi connectivity index (χ0n) is 34.6. The van der Waals surface area contributed by atoms with E-state index in [9.17, 15) is 25.5 Å². The van der Waals surface area contributed by atoms with Gasteiger partial charge in [0.15, 0.2) is 11.2 Å². The molecule has 1 fully saturated rings. The maximum absolute atomic E-state index is 10.1. The standard InChI is InChI=1S/C26H26O6.C25H22O6/c1-2-17(27)11-19(29)15-30-20-8-10-23-25(13-20)32-24-12-18(28)7-9-22(24)26(23)21-6-4-3-5-16(21)14-31-26;26-16-5-7-21-23(10-16)31-24-11-18(28-13-17(27)9-19-14-29-19)6-8-22(24)25(21)20-4-2-1-3-15(20)12-30-25/h3-10,12-13,17,19,27-29H,2,11,14-15H2,1H3;1-8,10-11,17,19,26-27H,9,12-14H2. The second-order valence-corrected chi connectivity index (χ2v) is 16.6. The van der Waals surface area contributed by atoms with Crippen LogP contribution in [0, 0.1) is 0 Å². The molecule has 2 spiro atoms. The monoisotopic (exact) mass is 852 g/mol. The van der Waals surface area contributed by atoms with Crippen molar-refractivity contribution in [1.82, 2.24) is 0 Å². The van der Waals surface area contributed by atoms with Crippen molar-refractivity contribution in [2.24, 2.45) is 0 Å². The van der Waals surface area contributed by atoms with E-state index in [1.54, 1.807) is 30.3 Å². The van der Waals surface area contributed by atoms with Gasteiger partial charge in [0.05, 0.1) is 44.2 Å². The quantitative estimate of drug-likeness (QED) is 0.0797. The van der Waals surface area contributed by atoms with Gasteiger partial charge in [-0.05, 0) is 77.2 Å². The van der Waals surface area contributed by atoms with Gasteiger partial charge in [0, 0.05) is 59.4 Å². The topological polar surface area (TPSA) is 169 Å². The molecule has 6 aromatic carbocycles. The van der Waals surface area contributed by atoms with Crippen LogP contribution in [0.4, 0.5) is 0 Å². The lowest BCUT2D eigenvalue weighted by molar-refractivity contribution is 0.0196.